The molecule has 0 N–H and O–H groups in total. The van der Waals surface area contributed by atoms with Gasteiger partial charge in [-0.1, -0.05) is 29.0 Å². The molecule has 0 spiro atoms. The van der Waals surface area contributed by atoms with Crippen molar-refractivity contribution in [3.63, 3.8) is 0 Å². The summed E-state index contributed by atoms with van der Waals surface area (Å²) in [4.78, 5) is 20.8. The molecule has 29 heavy (non-hydrogen) atoms. The van der Waals surface area contributed by atoms with Crippen molar-refractivity contribution in [3.8, 4) is 16.6 Å². The van der Waals surface area contributed by atoms with Crippen molar-refractivity contribution < 1.29 is 13.5 Å². The Morgan fingerprint density at radius 1 is 1.24 bits per heavy atom. The number of hydrogen-bond acceptors (Lipinski definition) is 6. The van der Waals surface area contributed by atoms with E-state index in [1.54, 1.807) is 12.4 Å². The first kappa shape index (κ1) is 19.2. The van der Waals surface area contributed by atoms with E-state index in [2.05, 4.69) is 15.1 Å². The maximum absolute atomic E-state index is 13.9. The lowest BCUT2D eigenvalue weighted by atomic mass is 10.2. The SMILES string of the molecule is Cc1ncsc1Oc1ncc(-n2ncn(Cc3c(F)cccc3F)c2=O)cc1Cl. The van der Waals surface area contributed by atoms with Crippen LogP contribution in [0.5, 0.6) is 10.9 Å². The molecule has 1 aromatic carbocycles. The van der Waals surface area contributed by atoms with Crippen LogP contribution < -0.4 is 10.4 Å². The standard InChI is InChI=1S/C18H12ClF2N5O2S/c1-10-17(29-9-23-10)28-16-13(19)5-11(6-22-16)26-18(27)25(8-24-26)7-12-14(20)3-2-4-15(12)21/h2-6,8-9H,7H2,1H3. The average Bonchev–Trinajstić information content (AvgIpc) is 3.26. The van der Waals surface area contributed by atoms with Crippen molar-refractivity contribution in [2.24, 2.45) is 0 Å². The fraction of sp³-hybridized carbons (Fsp3) is 0.111. The van der Waals surface area contributed by atoms with E-state index >= 15 is 0 Å². The van der Waals surface area contributed by atoms with Gasteiger partial charge in [0.2, 0.25) is 10.9 Å². The molecule has 0 fully saturated rings. The lowest BCUT2D eigenvalue weighted by Gasteiger charge is -2.07. The second-order valence-electron chi connectivity index (χ2n) is 5.96. The van der Waals surface area contributed by atoms with Crippen molar-refractivity contribution in [1.29, 1.82) is 0 Å². The summed E-state index contributed by atoms with van der Waals surface area (Å²) < 4.78 is 35.4. The molecule has 3 aromatic heterocycles. The van der Waals surface area contributed by atoms with Crippen LogP contribution in [0.15, 0.2) is 47.1 Å². The predicted molar refractivity (Wildman–Crippen MR) is 103 cm³/mol. The number of halogens is 3. The van der Waals surface area contributed by atoms with Crippen molar-refractivity contribution in [3.05, 3.63) is 80.7 Å². The Bertz CT molecular complexity index is 1230. The summed E-state index contributed by atoms with van der Waals surface area (Å²) in [7, 11) is 0. The molecule has 0 aliphatic carbocycles. The van der Waals surface area contributed by atoms with E-state index in [-0.39, 0.29) is 28.7 Å². The molecule has 11 heteroatoms. The molecule has 4 aromatic rings. The van der Waals surface area contributed by atoms with Gasteiger partial charge in [0.1, 0.15) is 23.0 Å². The third kappa shape index (κ3) is 3.76. The van der Waals surface area contributed by atoms with Crippen LogP contribution in [0.4, 0.5) is 8.78 Å². The first-order valence-electron chi connectivity index (χ1n) is 8.25. The Balaban J connectivity index is 1.62. The normalized spacial score (nSPS) is 11.0. The summed E-state index contributed by atoms with van der Waals surface area (Å²) in [6, 6.07) is 4.97. The molecule has 7 nitrogen and oxygen atoms in total. The summed E-state index contributed by atoms with van der Waals surface area (Å²) in [5, 5.41) is 4.70. The maximum atomic E-state index is 13.9. The third-order valence-corrected chi connectivity index (χ3v) is 5.13. The van der Waals surface area contributed by atoms with E-state index < -0.39 is 17.3 Å². The minimum Gasteiger partial charge on any atom is -0.425 e. The number of aryl methyl sites for hydroxylation is 1. The Morgan fingerprint density at radius 2 is 2.00 bits per heavy atom. The molecule has 4 rings (SSSR count). The molecule has 0 aliphatic heterocycles. The van der Waals surface area contributed by atoms with Crippen LogP contribution in [0.3, 0.4) is 0 Å². The molecule has 0 unspecified atom stereocenters. The van der Waals surface area contributed by atoms with E-state index in [1.807, 2.05) is 0 Å². The second-order valence-corrected chi connectivity index (χ2v) is 7.19. The molecule has 0 atom stereocenters. The predicted octanol–water partition coefficient (Wildman–Crippen LogP) is 3.97. The molecule has 3 heterocycles. The van der Waals surface area contributed by atoms with Crippen LogP contribution in [-0.4, -0.2) is 24.3 Å². The van der Waals surface area contributed by atoms with Crippen LogP contribution in [-0.2, 0) is 6.54 Å². The first-order chi connectivity index (χ1) is 13.9. The van der Waals surface area contributed by atoms with Crippen LogP contribution >= 0.6 is 22.9 Å². The number of ether oxygens (including phenoxy) is 1. The monoisotopic (exact) mass is 435 g/mol. The number of nitrogens with zero attached hydrogens (tertiary/aromatic N) is 5. The molecule has 0 saturated heterocycles. The van der Waals surface area contributed by atoms with Crippen LogP contribution in [0, 0.1) is 18.6 Å². The van der Waals surface area contributed by atoms with Gasteiger partial charge in [-0.25, -0.2) is 23.5 Å². The topological polar surface area (TPSA) is 74.8 Å². The van der Waals surface area contributed by atoms with Crippen molar-refractivity contribution in [2.45, 2.75) is 13.5 Å². The van der Waals surface area contributed by atoms with E-state index in [9.17, 15) is 13.6 Å². The Kier molecular flexibility index (Phi) is 5.12. The maximum Gasteiger partial charge on any atom is 0.350 e. The highest BCUT2D eigenvalue weighted by molar-refractivity contribution is 7.11. The number of thiazole rings is 1. The van der Waals surface area contributed by atoms with Gasteiger partial charge in [-0.3, -0.25) is 4.57 Å². The van der Waals surface area contributed by atoms with Gasteiger partial charge in [0.15, 0.2) is 0 Å². The molecular weight excluding hydrogens is 424 g/mol. The number of benzene rings is 1. The largest absolute Gasteiger partial charge is 0.425 e. The summed E-state index contributed by atoms with van der Waals surface area (Å²) in [5.74, 6) is -1.33. The Morgan fingerprint density at radius 3 is 2.66 bits per heavy atom. The minimum absolute atomic E-state index is 0.156. The number of hydrogen-bond donors (Lipinski definition) is 0. The first-order valence-corrected chi connectivity index (χ1v) is 9.51. The molecule has 0 bridgehead atoms. The van der Waals surface area contributed by atoms with Crippen LogP contribution in [0.1, 0.15) is 11.3 Å². The van der Waals surface area contributed by atoms with Crippen molar-refractivity contribution in [1.82, 2.24) is 24.3 Å². The lowest BCUT2D eigenvalue weighted by molar-refractivity contribution is 0.471. The zero-order chi connectivity index (χ0) is 20.5. The van der Waals surface area contributed by atoms with E-state index in [1.165, 1.54) is 36.0 Å². The second kappa shape index (κ2) is 7.72. The molecule has 0 radical (unpaired) electrons. The fourth-order valence-corrected chi connectivity index (χ4v) is 3.41. The van der Waals surface area contributed by atoms with Crippen LogP contribution in [0.2, 0.25) is 5.02 Å². The fourth-order valence-electron chi connectivity index (χ4n) is 2.56. The van der Waals surface area contributed by atoms with Gasteiger partial charge in [-0.05, 0) is 25.1 Å². The van der Waals surface area contributed by atoms with E-state index in [0.717, 1.165) is 21.4 Å². The van der Waals surface area contributed by atoms with Gasteiger partial charge in [-0.2, -0.15) is 9.78 Å². The highest BCUT2D eigenvalue weighted by atomic mass is 35.5. The summed E-state index contributed by atoms with van der Waals surface area (Å²) in [6.45, 7) is 1.49. The molecule has 0 saturated carbocycles. The van der Waals surface area contributed by atoms with Crippen molar-refractivity contribution >= 4 is 22.9 Å². The molecular formula is C18H12ClF2N5O2S. The number of pyridine rings is 1. The van der Waals surface area contributed by atoms with Gasteiger partial charge in [-0.15, -0.1) is 0 Å². The van der Waals surface area contributed by atoms with Gasteiger partial charge in [0.25, 0.3) is 0 Å². The molecule has 0 amide bonds. The summed E-state index contributed by atoms with van der Waals surface area (Å²) >= 11 is 7.53. The lowest BCUT2D eigenvalue weighted by Crippen LogP contribution is -2.24. The average molecular weight is 436 g/mol. The highest BCUT2D eigenvalue weighted by Gasteiger charge is 2.15. The van der Waals surface area contributed by atoms with Crippen LogP contribution in [0.25, 0.3) is 5.69 Å². The van der Waals surface area contributed by atoms with E-state index in [0.29, 0.717) is 10.8 Å². The van der Waals surface area contributed by atoms with E-state index in [4.69, 9.17) is 16.3 Å². The zero-order valence-electron chi connectivity index (χ0n) is 14.8. The third-order valence-electron chi connectivity index (χ3n) is 4.05. The quantitative estimate of drug-likeness (QED) is 0.474. The minimum atomic E-state index is -0.741. The van der Waals surface area contributed by atoms with Gasteiger partial charge in [0, 0.05) is 5.56 Å². The number of rotatable bonds is 5. The van der Waals surface area contributed by atoms with Crippen molar-refractivity contribution in [2.75, 3.05) is 0 Å². The van der Waals surface area contributed by atoms with Gasteiger partial charge < -0.3 is 4.74 Å². The number of aromatic nitrogens is 5. The zero-order valence-corrected chi connectivity index (χ0v) is 16.4. The van der Waals surface area contributed by atoms with Gasteiger partial charge in [0.05, 0.1) is 29.6 Å². The smallest absolute Gasteiger partial charge is 0.350 e. The van der Waals surface area contributed by atoms with Gasteiger partial charge >= 0.3 is 5.69 Å². The highest BCUT2D eigenvalue weighted by Crippen LogP contribution is 2.32. The Hall–Kier alpha value is -3.11. The Labute approximate surface area is 171 Å². The summed E-state index contributed by atoms with van der Waals surface area (Å²) in [6.07, 6.45) is 2.55. The molecule has 0 aliphatic rings. The summed E-state index contributed by atoms with van der Waals surface area (Å²) in [5.41, 5.74) is 1.79. The molecule has 148 valence electrons.